The molecular weight excluding hydrogens is 300 g/mol. The van der Waals surface area contributed by atoms with Crippen molar-refractivity contribution in [3.05, 3.63) is 0 Å². The molecule has 0 atom stereocenters. The molecule has 1 fully saturated rings. The Hall–Kier alpha value is 0.400. The Morgan fingerprint density at radius 2 is 1.68 bits per heavy atom. The largest absolute Gasteiger partial charge is 0.306 e. The van der Waals surface area contributed by atoms with E-state index in [2.05, 4.69) is 53.7 Å². The van der Waals surface area contributed by atoms with Crippen LogP contribution in [0.1, 0.15) is 52.4 Å². The molecule has 0 unspecified atom stereocenters. The third-order valence-electron chi connectivity index (χ3n) is 4.74. The molecule has 0 radical (unpaired) electrons. The van der Waals surface area contributed by atoms with Crippen molar-refractivity contribution >= 4 is 15.9 Å². The van der Waals surface area contributed by atoms with E-state index in [9.17, 15) is 0 Å². The summed E-state index contributed by atoms with van der Waals surface area (Å²) < 4.78 is 0. The van der Waals surface area contributed by atoms with Gasteiger partial charge in [-0.1, -0.05) is 42.6 Å². The lowest BCUT2D eigenvalue weighted by Crippen LogP contribution is -2.46. The van der Waals surface area contributed by atoms with Crippen molar-refractivity contribution in [3.63, 3.8) is 0 Å². The van der Waals surface area contributed by atoms with Crippen LogP contribution in [0.4, 0.5) is 0 Å². The highest BCUT2D eigenvalue weighted by Gasteiger charge is 2.31. The first-order valence-corrected chi connectivity index (χ1v) is 9.13. The third-order valence-corrected chi connectivity index (χ3v) is 5.93. The molecule has 1 aliphatic rings. The molecule has 1 heterocycles. The Labute approximate surface area is 129 Å². The van der Waals surface area contributed by atoms with Crippen LogP contribution >= 0.6 is 15.9 Å². The minimum absolute atomic E-state index is 0.488. The van der Waals surface area contributed by atoms with Gasteiger partial charge in [0.05, 0.1) is 0 Å². The molecule has 19 heavy (non-hydrogen) atoms. The smallest absolute Gasteiger partial charge is 0.0117 e. The molecule has 0 aromatic rings. The molecule has 3 heteroatoms. The van der Waals surface area contributed by atoms with Crippen molar-refractivity contribution in [1.29, 1.82) is 0 Å². The molecule has 0 amide bonds. The predicted molar refractivity (Wildman–Crippen MR) is 89.2 cm³/mol. The van der Waals surface area contributed by atoms with Crippen molar-refractivity contribution in [2.24, 2.45) is 5.41 Å². The Balaban J connectivity index is 2.56. The van der Waals surface area contributed by atoms with Crippen molar-refractivity contribution in [3.8, 4) is 0 Å². The van der Waals surface area contributed by atoms with Crippen LogP contribution in [0.3, 0.4) is 0 Å². The lowest BCUT2D eigenvalue weighted by atomic mass is 9.80. The molecule has 0 bridgehead atoms. The van der Waals surface area contributed by atoms with Crippen LogP contribution in [-0.4, -0.2) is 54.9 Å². The van der Waals surface area contributed by atoms with E-state index in [-0.39, 0.29) is 0 Å². The predicted octanol–water partition coefficient (Wildman–Crippen LogP) is 3.99. The first kappa shape index (κ1) is 17.5. The van der Waals surface area contributed by atoms with Crippen LogP contribution in [-0.2, 0) is 0 Å². The Morgan fingerprint density at radius 3 is 2.11 bits per heavy atom. The van der Waals surface area contributed by atoms with Crippen molar-refractivity contribution in [2.75, 3.05) is 39.1 Å². The van der Waals surface area contributed by atoms with Gasteiger partial charge in [0.15, 0.2) is 0 Å². The molecule has 0 aliphatic carbocycles. The van der Waals surface area contributed by atoms with Gasteiger partial charge in [-0.15, -0.1) is 0 Å². The van der Waals surface area contributed by atoms with Gasteiger partial charge in [0, 0.05) is 17.9 Å². The van der Waals surface area contributed by atoms with Gasteiger partial charge in [0.2, 0.25) is 0 Å². The zero-order chi connectivity index (χ0) is 14.3. The van der Waals surface area contributed by atoms with Gasteiger partial charge in [0.1, 0.15) is 0 Å². The summed E-state index contributed by atoms with van der Waals surface area (Å²) in [5.41, 5.74) is 0.488. The first-order valence-electron chi connectivity index (χ1n) is 8.01. The van der Waals surface area contributed by atoms with E-state index in [0.717, 1.165) is 11.4 Å². The fraction of sp³-hybridized carbons (Fsp3) is 1.00. The third kappa shape index (κ3) is 5.35. The maximum atomic E-state index is 3.80. The molecule has 0 N–H and O–H groups in total. The van der Waals surface area contributed by atoms with Crippen LogP contribution in [0.25, 0.3) is 0 Å². The number of likely N-dealkylation sites (tertiary alicyclic amines) is 1. The minimum atomic E-state index is 0.488. The van der Waals surface area contributed by atoms with E-state index in [4.69, 9.17) is 0 Å². The van der Waals surface area contributed by atoms with Crippen molar-refractivity contribution in [2.45, 2.75) is 58.4 Å². The summed E-state index contributed by atoms with van der Waals surface area (Å²) in [5, 5.41) is 1.15. The zero-order valence-corrected chi connectivity index (χ0v) is 15.0. The second kappa shape index (κ2) is 8.63. The summed E-state index contributed by atoms with van der Waals surface area (Å²) in [5.74, 6) is 0. The molecule has 0 spiro atoms. The fourth-order valence-electron chi connectivity index (χ4n) is 3.61. The van der Waals surface area contributed by atoms with E-state index in [0.29, 0.717) is 5.41 Å². The average molecular weight is 333 g/mol. The number of piperidine rings is 1. The highest BCUT2D eigenvalue weighted by Crippen LogP contribution is 2.34. The van der Waals surface area contributed by atoms with E-state index >= 15 is 0 Å². The van der Waals surface area contributed by atoms with Crippen LogP contribution in [0.2, 0.25) is 0 Å². The van der Waals surface area contributed by atoms with E-state index < -0.39 is 0 Å². The molecule has 1 aliphatic heterocycles. The summed E-state index contributed by atoms with van der Waals surface area (Å²) in [6, 6.07) is 0.795. The highest BCUT2D eigenvalue weighted by atomic mass is 79.9. The monoisotopic (exact) mass is 332 g/mol. The minimum Gasteiger partial charge on any atom is -0.306 e. The second-order valence-corrected chi connectivity index (χ2v) is 7.14. The number of hydrogen-bond acceptors (Lipinski definition) is 2. The van der Waals surface area contributed by atoms with Crippen molar-refractivity contribution < 1.29 is 0 Å². The Kier molecular flexibility index (Phi) is 7.93. The molecular formula is C16H33BrN2. The van der Waals surface area contributed by atoms with Gasteiger partial charge in [-0.25, -0.2) is 0 Å². The average Bonchev–Trinajstić information content (AvgIpc) is 2.40. The second-order valence-electron chi connectivity index (χ2n) is 6.58. The van der Waals surface area contributed by atoms with E-state index in [1.807, 2.05) is 0 Å². The normalized spacial score (nSPS) is 19.3. The summed E-state index contributed by atoms with van der Waals surface area (Å²) in [4.78, 5) is 5.11. The quantitative estimate of drug-likeness (QED) is 0.620. The lowest BCUT2D eigenvalue weighted by molar-refractivity contribution is 0.0929. The maximum Gasteiger partial charge on any atom is 0.0117 e. The number of alkyl halides is 1. The molecule has 0 aromatic heterocycles. The van der Waals surface area contributed by atoms with Crippen LogP contribution in [0.5, 0.6) is 0 Å². The number of rotatable bonds is 8. The first-order chi connectivity index (χ1) is 9.06. The molecule has 0 aromatic carbocycles. The molecule has 1 saturated heterocycles. The maximum absolute atomic E-state index is 3.80. The SMILES string of the molecule is CCCC(CBr)(CCC)CN(C)C1CCN(C)CC1. The van der Waals surface area contributed by atoms with Crippen molar-refractivity contribution in [1.82, 2.24) is 9.80 Å². The van der Waals surface area contributed by atoms with E-state index in [1.54, 1.807) is 0 Å². The standard InChI is InChI=1S/C16H33BrN2/c1-5-9-16(13-17,10-6-2)14-19(4)15-7-11-18(3)12-8-15/h15H,5-14H2,1-4H3. The summed E-state index contributed by atoms with van der Waals surface area (Å²) in [6.45, 7) is 8.43. The number of nitrogens with zero attached hydrogens (tertiary/aromatic N) is 2. The molecule has 114 valence electrons. The van der Waals surface area contributed by atoms with Crippen LogP contribution in [0, 0.1) is 5.41 Å². The van der Waals surface area contributed by atoms with E-state index in [1.165, 1.54) is 58.2 Å². The zero-order valence-electron chi connectivity index (χ0n) is 13.4. The highest BCUT2D eigenvalue weighted by molar-refractivity contribution is 9.09. The molecule has 1 rings (SSSR count). The number of hydrogen-bond donors (Lipinski definition) is 0. The summed E-state index contributed by atoms with van der Waals surface area (Å²) >= 11 is 3.80. The van der Waals surface area contributed by atoms with Gasteiger partial charge >= 0.3 is 0 Å². The molecule has 0 saturated carbocycles. The molecule has 2 nitrogen and oxygen atoms in total. The van der Waals surface area contributed by atoms with Gasteiger partial charge in [-0.05, 0) is 58.3 Å². The lowest BCUT2D eigenvalue weighted by Gasteiger charge is -2.41. The Bertz CT molecular complexity index is 231. The summed E-state index contributed by atoms with van der Waals surface area (Å²) in [6.07, 6.45) is 7.97. The van der Waals surface area contributed by atoms with Crippen LogP contribution < -0.4 is 0 Å². The van der Waals surface area contributed by atoms with Gasteiger partial charge in [-0.2, -0.15) is 0 Å². The Morgan fingerprint density at radius 1 is 1.16 bits per heavy atom. The van der Waals surface area contributed by atoms with Gasteiger partial charge in [-0.3, -0.25) is 0 Å². The van der Waals surface area contributed by atoms with Crippen LogP contribution in [0.15, 0.2) is 0 Å². The fourth-order valence-corrected chi connectivity index (χ4v) is 4.35. The topological polar surface area (TPSA) is 6.48 Å². The van der Waals surface area contributed by atoms with Gasteiger partial charge in [0.25, 0.3) is 0 Å². The number of halogens is 1. The van der Waals surface area contributed by atoms with Gasteiger partial charge < -0.3 is 9.80 Å². The summed E-state index contributed by atoms with van der Waals surface area (Å²) in [7, 11) is 4.59.